The molecule has 1 rings (SSSR count). The summed E-state index contributed by atoms with van der Waals surface area (Å²) in [5.41, 5.74) is 0.366. The maximum absolute atomic E-state index is 13.9. The Bertz CT molecular complexity index is 531. The molecule has 1 aromatic rings. The highest BCUT2D eigenvalue weighted by molar-refractivity contribution is 5.83. The Hall–Kier alpha value is -2.11. The minimum atomic E-state index is -1.06. The largest absolute Gasteiger partial charge is 0.494 e. The lowest BCUT2D eigenvalue weighted by Gasteiger charge is -2.16. The SMILES string of the molecule is COc1cccc(CCC(=O)NC(CC(C)C)C(=O)O)c1F. The molecular formula is C16H22FNO4. The Kier molecular flexibility index (Phi) is 6.82. The molecule has 22 heavy (non-hydrogen) atoms. The van der Waals surface area contributed by atoms with Crippen LogP contribution in [-0.4, -0.2) is 30.1 Å². The molecule has 1 unspecified atom stereocenters. The molecule has 0 bridgehead atoms. The van der Waals surface area contributed by atoms with Crippen molar-refractivity contribution in [2.45, 2.75) is 39.2 Å². The first kappa shape index (κ1) is 17.9. The van der Waals surface area contributed by atoms with E-state index in [4.69, 9.17) is 9.84 Å². The van der Waals surface area contributed by atoms with E-state index in [0.717, 1.165) is 0 Å². The number of rotatable bonds is 8. The van der Waals surface area contributed by atoms with E-state index >= 15 is 0 Å². The second-order valence-electron chi connectivity index (χ2n) is 5.52. The van der Waals surface area contributed by atoms with E-state index in [-0.39, 0.29) is 24.5 Å². The molecule has 1 amide bonds. The monoisotopic (exact) mass is 311 g/mol. The maximum atomic E-state index is 13.9. The van der Waals surface area contributed by atoms with Gasteiger partial charge in [0.2, 0.25) is 5.91 Å². The van der Waals surface area contributed by atoms with E-state index in [1.807, 2.05) is 13.8 Å². The van der Waals surface area contributed by atoms with Crippen molar-refractivity contribution in [2.24, 2.45) is 5.92 Å². The van der Waals surface area contributed by atoms with Crippen molar-refractivity contribution in [3.05, 3.63) is 29.6 Å². The van der Waals surface area contributed by atoms with Crippen LogP contribution in [0.1, 0.15) is 32.3 Å². The molecule has 0 saturated heterocycles. The van der Waals surface area contributed by atoms with Crippen molar-refractivity contribution in [1.29, 1.82) is 0 Å². The van der Waals surface area contributed by atoms with Crippen LogP contribution < -0.4 is 10.1 Å². The number of hydrogen-bond donors (Lipinski definition) is 2. The van der Waals surface area contributed by atoms with Crippen LogP contribution in [0.15, 0.2) is 18.2 Å². The van der Waals surface area contributed by atoms with Crippen LogP contribution in [0, 0.1) is 11.7 Å². The van der Waals surface area contributed by atoms with Crippen molar-refractivity contribution in [3.63, 3.8) is 0 Å². The van der Waals surface area contributed by atoms with Crippen LogP contribution >= 0.6 is 0 Å². The van der Waals surface area contributed by atoms with Gasteiger partial charge in [0, 0.05) is 6.42 Å². The molecule has 0 aromatic heterocycles. The van der Waals surface area contributed by atoms with Gasteiger partial charge in [-0.05, 0) is 30.4 Å². The third-order valence-corrected chi connectivity index (χ3v) is 3.23. The summed E-state index contributed by atoms with van der Waals surface area (Å²) in [6.45, 7) is 3.77. The van der Waals surface area contributed by atoms with Gasteiger partial charge in [0.05, 0.1) is 7.11 Å². The quantitative estimate of drug-likeness (QED) is 0.773. The number of amides is 1. The van der Waals surface area contributed by atoms with E-state index in [1.54, 1.807) is 12.1 Å². The lowest BCUT2D eigenvalue weighted by Crippen LogP contribution is -2.41. The fourth-order valence-electron chi connectivity index (χ4n) is 2.11. The molecule has 1 aromatic carbocycles. The number of hydrogen-bond acceptors (Lipinski definition) is 3. The highest BCUT2D eigenvalue weighted by Gasteiger charge is 2.21. The number of ether oxygens (including phenoxy) is 1. The van der Waals surface area contributed by atoms with Crippen LogP contribution in [0.2, 0.25) is 0 Å². The van der Waals surface area contributed by atoms with E-state index < -0.39 is 23.7 Å². The first-order chi connectivity index (χ1) is 10.3. The minimum Gasteiger partial charge on any atom is -0.494 e. The number of carbonyl (C=O) groups excluding carboxylic acids is 1. The van der Waals surface area contributed by atoms with Crippen molar-refractivity contribution in [3.8, 4) is 5.75 Å². The Balaban J connectivity index is 2.60. The molecule has 0 radical (unpaired) electrons. The van der Waals surface area contributed by atoms with E-state index in [2.05, 4.69) is 5.32 Å². The van der Waals surface area contributed by atoms with Gasteiger partial charge < -0.3 is 15.2 Å². The Morgan fingerprint density at radius 1 is 1.36 bits per heavy atom. The Labute approximate surface area is 129 Å². The van der Waals surface area contributed by atoms with Crippen LogP contribution in [-0.2, 0) is 16.0 Å². The zero-order chi connectivity index (χ0) is 16.7. The number of carbonyl (C=O) groups is 2. The van der Waals surface area contributed by atoms with Gasteiger partial charge in [-0.3, -0.25) is 4.79 Å². The van der Waals surface area contributed by atoms with E-state index in [1.165, 1.54) is 13.2 Å². The predicted molar refractivity (Wildman–Crippen MR) is 80.3 cm³/mol. The van der Waals surface area contributed by atoms with E-state index in [9.17, 15) is 14.0 Å². The fraction of sp³-hybridized carbons (Fsp3) is 0.500. The molecule has 0 aliphatic heterocycles. The number of carboxylic acids is 1. The van der Waals surface area contributed by atoms with Crippen LogP contribution in [0.5, 0.6) is 5.75 Å². The summed E-state index contributed by atoms with van der Waals surface area (Å²) in [7, 11) is 1.37. The highest BCUT2D eigenvalue weighted by Crippen LogP contribution is 2.21. The first-order valence-corrected chi connectivity index (χ1v) is 7.18. The molecule has 0 aliphatic carbocycles. The average molecular weight is 311 g/mol. The van der Waals surface area contributed by atoms with Crippen LogP contribution in [0.3, 0.4) is 0 Å². The number of aliphatic carboxylic acids is 1. The van der Waals surface area contributed by atoms with E-state index in [0.29, 0.717) is 12.0 Å². The standard InChI is InChI=1S/C16H22FNO4/c1-10(2)9-12(16(20)21)18-14(19)8-7-11-5-4-6-13(22-3)15(11)17/h4-6,10,12H,7-9H2,1-3H3,(H,18,19)(H,20,21). The van der Waals surface area contributed by atoms with Gasteiger partial charge >= 0.3 is 5.97 Å². The summed E-state index contributed by atoms with van der Waals surface area (Å²) in [6, 6.07) is 3.81. The second-order valence-corrected chi connectivity index (χ2v) is 5.52. The Morgan fingerprint density at radius 3 is 2.59 bits per heavy atom. The summed E-state index contributed by atoms with van der Waals surface area (Å²) in [5.74, 6) is -1.68. The number of methoxy groups -OCH3 is 1. The van der Waals surface area contributed by atoms with Crippen molar-refractivity contribution >= 4 is 11.9 Å². The van der Waals surface area contributed by atoms with Crippen molar-refractivity contribution in [2.75, 3.05) is 7.11 Å². The summed E-state index contributed by atoms with van der Waals surface area (Å²) in [5, 5.41) is 11.6. The molecule has 0 heterocycles. The summed E-state index contributed by atoms with van der Waals surface area (Å²) < 4.78 is 18.8. The summed E-state index contributed by atoms with van der Waals surface area (Å²) in [4.78, 5) is 22.9. The molecule has 0 saturated carbocycles. The topological polar surface area (TPSA) is 75.6 Å². The third kappa shape index (κ3) is 5.35. The zero-order valence-electron chi connectivity index (χ0n) is 13.1. The molecule has 2 N–H and O–H groups in total. The lowest BCUT2D eigenvalue weighted by molar-refractivity contribution is -0.142. The molecule has 6 heteroatoms. The van der Waals surface area contributed by atoms with Crippen molar-refractivity contribution in [1.82, 2.24) is 5.32 Å². The van der Waals surface area contributed by atoms with Crippen LogP contribution in [0.4, 0.5) is 4.39 Å². The fourth-order valence-corrected chi connectivity index (χ4v) is 2.11. The molecule has 122 valence electrons. The molecule has 5 nitrogen and oxygen atoms in total. The van der Waals surface area contributed by atoms with Crippen LogP contribution in [0.25, 0.3) is 0 Å². The van der Waals surface area contributed by atoms with Gasteiger partial charge in [-0.1, -0.05) is 26.0 Å². The number of benzene rings is 1. The summed E-state index contributed by atoms with van der Waals surface area (Å²) >= 11 is 0. The summed E-state index contributed by atoms with van der Waals surface area (Å²) in [6.07, 6.45) is 0.559. The minimum absolute atomic E-state index is 0.0198. The lowest BCUT2D eigenvalue weighted by atomic mass is 10.0. The Morgan fingerprint density at radius 2 is 2.05 bits per heavy atom. The smallest absolute Gasteiger partial charge is 0.326 e. The van der Waals surface area contributed by atoms with Gasteiger partial charge in [0.15, 0.2) is 11.6 Å². The van der Waals surface area contributed by atoms with Gasteiger partial charge in [0.1, 0.15) is 6.04 Å². The number of nitrogens with one attached hydrogen (secondary N) is 1. The van der Waals surface area contributed by atoms with Gasteiger partial charge in [-0.25, -0.2) is 9.18 Å². The second kappa shape index (κ2) is 8.36. The highest BCUT2D eigenvalue weighted by atomic mass is 19.1. The average Bonchev–Trinajstić information content (AvgIpc) is 2.45. The number of carboxylic acid groups (broad SMARTS) is 1. The first-order valence-electron chi connectivity index (χ1n) is 7.18. The molecule has 1 atom stereocenters. The molecule has 0 spiro atoms. The van der Waals surface area contributed by atoms with Gasteiger partial charge in [-0.15, -0.1) is 0 Å². The third-order valence-electron chi connectivity index (χ3n) is 3.23. The normalized spacial score (nSPS) is 12.0. The van der Waals surface area contributed by atoms with Gasteiger partial charge in [0.25, 0.3) is 0 Å². The van der Waals surface area contributed by atoms with Gasteiger partial charge in [-0.2, -0.15) is 0 Å². The zero-order valence-corrected chi connectivity index (χ0v) is 13.1. The number of halogens is 1. The molecular weight excluding hydrogens is 289 g/mol. The maximum Gasteiger partial charge on any atom is 0.326 e. The molecule has 0 aliphatic rings. The number of aryl methyl sites for hydroxylation is 1. The molecule has 0 fully saturated rings. The predicted octanol–water partition coefficient (Wildman–Crippen LogP) is 2.38. The van der Waals surface area contributed by atoms with Crippen molar-refractivity contribution < 1.29 is 23.8 Å².